The highest BCUT2D eigenvalue weighted by atomic mass is 16.2. The smallest absolute Gasteiger partial charge is 0.234 e. The molecule has 1 aromatic carbocycles. The first-order chi connectivity index (χ1) is 8.68. The van der Waals surface area contributed by atoms with Gasteiger partial charge in [0.25, 0.3) is 0 Å². The molecule has 1 heterocycles. The van der Waals surface area contributed by atoms with Crippen molar-refractivity contribution in [2.24, 2.45) is 11.8 Å². The van der Waals surface area contributed by atoms with Gasteiger partial charge in [0.15, 0.2) is 0 Å². The Bertz CT molecular complexity index is 483. The fourth-order valence-electron chi connectivity index (χ4n) is 3.23. The number of carbonyl (C=O) groups is 2. The summed E-state index contributed by atoms with van der Waals surface area (Å²) in [5.74, 6) is 0.110. The Morgan fingerprint density at radius 3 is 2.61 bits per heavy atom. The van der Waals surface area contributed by atoms with Gasteiger partial charge < -0.3 is 4.90 Å². The van der Waals surface area contributed by atoms with Crippen LogP contribution < -0.4 is 0 Å². The molecule has 2 fully saturated rings. The van der Waals surface area contributed by atoms with E-state index < -0.39 is 0 Å². The fourth-order valence-corrected chi connectivity index (χ4v) is 3.23. The molecule has 1 aliphatic heterocycles. The van der Waals surface area contributed by atoms with Crippen molar-refractivity contribution in [3.63, 3.8) is 0 Å². The van der Waals surface area contributed by atoms with Crippen LogP contribution in [0.25, 0.3) is 0 Å². The predicted octanol–water partition coefficient (Wildman–Crippen LogP) is 2.19. The molecule has 0 spiro atoms. The maximum absolute atomic E-state index is 12.3. The highest BCUT2D eigenvalue weighted by molar-refractivity contribution is 6.04. The number of ketones is 1. The molecule has 18 heavy (non-hydrogen) atoms. The Morgan fingerprint density at radius 1 is 1.22 bits per heavy atom. The van der Waals surface area contributed by atoms with Crippen LogP contribution in [-0.4, -0.2) is 23.1 Å². The zero-order chi connectivity index (χ0) is 12.7. The predicted molar refractivity (Wildman–Crippen MR) is 67.8 cm³/mol. The summed E-state index contributed by atoms with van der Waals surface area (Å²) >= 11 is 0. The second-order valence-electron chi connectivity index (χ2n) is 5.32. The minimum Gasteiger partial charge on any atom is -0.335 e. The number of hydrogen-bond donors (Lipinski definition) is 0. The molecule has 0 N–H and O–H groups in total. The molecule has 3 nitrogen and oxygen atoms in total. The van der Waals surface area contributed by atoms with Crippen molar-refractivity contribution in [2.45, 2.75) is 25.8 Å². The standard InChI is InChI=1S/C15H17NO2/c1-10(11-5-3-2-4-6-11)16-9-12-7-8-13(17)14(12)15(16)18/h2-6,10,12,14H,7-9H2,1H3/t10-,12?,14?/m1/s1. The van der Waals surface area contributed by atoms with Crippen molar-refractivity contribution in [3.05, 3.63) is 35.9 Å². The van der Waals surface area contributed by atoms with E-state index in [2.05, 4.69) is 0 Å². The molecule has 1 aromatic rings. The van der Waals surface area contributed by atoms with Crippen LogP contribution >= 0.6 is 0 Å². The van der Waals surface area contributed by atoms with Gasteiger partial charge in [0.1, 0.15) is 11.7 Å². The van der Waals surface area contributed by atoms with Gasteiger partial charge in [-0.1, -0.05) is 30.3 Å². The van der Waals surface area contributed by atoms with E-state index in [-0.39, 0.29) is 29.6 Å². The van der Waals surface area contributed by atoms with Crippen molar-refractivity contribution in [2.75, 3.05) is 6.54 Å². The Hall–Kier alpha value is -1.64. The average molecular weight is 243 g/mol. The van der Waals surface area contributed by atoms with Gasteiger partial charge in [-0.15, -0.1) is 0 Å². The van der Waals surface area contributed by atoms with Crippen LogP contribution in [0, 0.1) is 11.8 Å². The fraction of sp³-hybridized carbons (Fsp3) is 0.467. The minimum atomic E-state index is -0.337. The van der Waals surface area contributed by atoms with E-state index in [1.807, 2.05) is 42.2 Å². The van der Waals surface area contributed by atoms with E-state index in [1.54, 1.807) is 0 Å². The monoisotopic (exact) mass is 243 g/mol. The lowest BCUT2D eigenvalue weighted by Gasteiger charge is -2.25. The van der Waals surface area contributed by atoms with Gasteiger partial charge in [-0.2, -0.15) is 0 Å². The molecular formula is C15H17NO2. The van der Waals surface area contributed by atoms with Crippen LogP contribution in [-0.2, 0) is 9.59 Å². The van der Waals surface area contributed by atoms with Crippen LogP contribution in [0.3, 0.4) is 0 Å². The number of amides is 1. The molecular weight excluding hydrogens is 226 g/mol. The van der Waals surface area contributed by atoms with Gasteiger partial charge in [-0.25, -0.2) is 0 Å². The summed E-state index contributed by atoms with van der Waals surface area (Å²) in [6, 6.07) is 10.1. The molecule has 1 saturated carbocycles. The lowest BCUT2D eigenvalue weighted by atomic mass is 10.00. The van der Waals surface area contributed by atoms with Crippen molar-refractivity contribution >= 4 is 11.7 Å². The van der Waals surface area contributed by atoms with Crippen LogP contribution in [0.2, 0.25) is 0 Å². The van der Waals surface area contributed by atoms with Gasteiger partial charge >= 0.3 is 0 Å². The van der Waals surface area contributed by atoms with Crippen LogP contribution in [0.1, 0.15) is 31.4 Å². The largest absolute Gasteiger partial charge is 0.335 e. The highest BCUT2D eigenvalue weighted by Crippen LogP contribution is 2.39. The first kappa shape index (κ1) is 11.5. The number of benzene rings is 1. The maximum atomic E-state index is 12.3. The third-order valence-electron chi connectivity index (χ3n) is 4.31. The molecule has 2 aliphatic rings. The van der Waals surface area contributed by atoms with E-state index in [9.17, 15) is 9.59 Å². The number of fused-ring (bicyclic) bond motifs is 1. The van der Waals surface area contributed by atoms with E-state index in [0.717, 1.165) is 18.5 Å². The first-order valence-corrected chi connectivity index (χ1v) is 6.56. The lowest BCUT2D eigenvalue weighted by molar-refractivity contribution is -0.137. The molecule has 3 atom stereocenters. The van der Waals surface area contributed by atoms with E-state index in [0.29, 0.717) is 6.42 Å². The number of nitrogens with zero attached hydrogens (tertiary/aromatic N) is 1. The summed E-state index contributed by atoms with van der Waals surface area (Å²) in [6.07, 6.45) is 1.47. The molecule has 0 aromatic heterocycles. The van der Waals surface area contributed by atoms with Crippen molar-refractivity contribution in [3.8, 4) is 0 Å². The SMILES string of the molecule is C[C@H](c1ccccc1)N1CC2CCC(=O)C2C1=O. The summed E-state index contributed by atoms with van der Waals surface area (Å²) in [7, 11) is 0. The van der Waals surface area contributed by atoms with E-state index >= 15 is 0 Å². The Morgan fingerprint density at radius 2 is 1.94 bits per heavy atom. The maximum Gasteiger partial charge on any atom is 0.234 e. The Balaban J connectivity index is 1.83. The van der Waals surface area contributed by atoms with Crippen molar-refractivity contribution in [1.82, 2.24) is 4.90 Å². The summed E-state index contributed by atoms with van der Waals surface area (Å²) in [5.41, 5.74) is 1.14. The van der Waals surface area contributed by atoms with Crippen LogP contribution in [0.15, 0.2) is 30.3 Å². The normalized spacial score (nSPS) is 28.6. The van der Waals surface area contributed by atoms with Gasteiger partial charge in [-0.3, -0.25) is 9.59 Å². The van der Waals surface area contributed by atoms with Gasteiger partial charge in [-0.05, 0) is 24.8 Å². The quantitative estimate of drug-likeness (QED) is 0.747. The lowest BCUT2D eigenvalue weighted by Crippen LogP contribution is -2.32. The van der Waals surface area contributed by atoms with Gasteiger partial charge in [0.05, 0.1) is 6.04 Å². The number of hydrogen-bond acceptors (Lipinski definition) is 2. The Kier molecular flexibility index (Phi) is 2.69. The molecule has 1 amide bonds. The van der Waals surface area contributed by atoms with Crippen LogP contribution in [0.4, 0.5) is 0 Å². The summed E-state index contributed by atoms with van der Waals surface area (Å²) < 4.78 is 0. The summed E-state index contributed by atoms with van der Waals surface area (Å²) in [6.45, 7) is 2.78. The second-order valence-corrected chi connectivity index (χ2v) is 5.32. The summed E-state index contributed by atoms with van der Waals surface area (Å²) in [5, 5.41) is 0. The second kappa shape index (κ2) is 4.23. The molecule has 2 unspecified atom stereocenters. The zero-order valence-electron chi connectivity index (χ0n) is 10.5. The molecule has 0 radical (unpaired) electrons. The number of likely N-dealkylation sites (tertiary alicyclic amines) is 1. The molecule has 3 heteroatoms. The third kappa shape index (κ3) is 1.65. The minimum absolute atomic E-state index is 0.0406. The zero-order valence-corrected chi connectivity index (χ0v) is 10.5. The number of Topliss-reactive ketones (excluding diaryl/α,β-unsaturated/α-hetero) is 1. The Labute approximate surface area is 107 Å². The van der Waals surface area contributed by atoms with Crippen molar-refractivity contribution in [1.29, 1.82) is 0 Å². The van der Waals surface area contributed by atoms with Gasteiger partial charge in [0, 0.05) is 13.0 Å². The van der Waals surface area contributed by atoms with E-state index in [1.165, 1.54) is 0 Å². The molecule has 94 valence electrons. The van der Waals surface area contributed by atoms with Gasteiger partial charge in [0.2, 0.25) is 5.91 Å². The highest BCUT2D eigenvalue weighted by Gasteiger charge is 2.49. The number of rotatable bonds is 2. The molecule has 3 rings (SSSR count). The summed E-state index contributed by atoms with van der Waals surface area (Å²) in [4.78, 5) is 25.9. The van der Waals surface area contributed by atoms with E-state index in [4.69, 9.17) is 0 Å². The molecule has 1 saturated heterocycles. The number of carbonyl (C=O) groups excluding carboxylic acids is 2. The topological polar surface area (TPSA) is 37.4 Å². The van der Waals surface area contributed by atoms with Crippen molar-refractivity contribution < 1.29 is 9.59 Å². The average Bonchev–Trinajstić information content (AvgIpc) is 2.92. The first-order valence-electron chi connectivity index (χ1n) is 6.56. The molecule has 1 aliphatic carbocycles. The third-order valence-corrected chi connectivity index (χ3v) is 4.31. The molecule has 0 bridgehead atoms. The van der Waals surface area contributed by atoms with Crippen LogP contribution in [0.5, 0.6) is 0 Å².